The minimum absolute atomic E-state index is 0.0714. The molecule has 23 heavy (non-hydrogen) atoms. The van der Waals surface area contributed by atoms with Gasteiger partial charge in [-0.2, -0.15) is 0 Å². The van der Waals surface area contributed by atoms with Crippen LogP contribution in [-0.2, 0) is 10.5 Å². The minimum Gasteiger partial charge on any atom is -0.325 e. The van der Waals surface area contributed by atoms with Gasteiger partial charge >= 0.3 is 0 Å². The maximum absolute atomic E-state index is 12.5. The largest absolute Gasteiger partial charge is 0.325 e. The first kappa shape index (κ1) is 17.6. The Balaban J connectivity index is 2.01. The molecule has 0 spiro atoms. The van der Waals surface area contributed by atoms with E-state index in [4.69, 9.17) is 0 Å². The van der Waals surface area contributed by atoms with Crippen molar-refractivity contribution in [2.45, 2.75) is 44.6 Å². The number of para-hydroxylation sites is 1. The third-order valence-electron chi connectivity index (χ3n) is 3.89. The van der Waals surface area contributed by atoms with E-state index in [-0.39, 0.29) is 11.2 Å². The summed E-state index contributed by atoms with van der Waals surface area (Å²) in [5, 5.41) is 3.05. The van der Waals surface area contributed by atoms with Crippen LogP contribution in [0.2, 0.25) is 0 Å². The topological polar surface area (TPSA) is 29.1 Å². The van der Waals surface area contributed by atoms with Crippen molar-refractivity contribution in [2.24, 2.45) is 0 Å². The van der Waals surface area contributed by atoms with E-state index in [0.29, 0.717) is 5.92 Å². The number of carbonyl (C=O) groups excluding carboxylic acids is 1. The molecule has 0 aliphatic heterocycles. The first-order valence-corrected chi connectivity index (χ1v) is 9.09. The fourth-order valence-electron chi connectivity index (χ4n) is 2.44. The Hall–Kier alpha value is -1.74. The van der Waals surface area contributed by atoms with Crippen LogP contribution in [0.25, 0.3) is 0 Å². The number of hydrogen-bond acceptors (Lipinski definition) is 2. The van der Waals surface area contributed by atoms with Gasteiger partial charge in [0, 0.05) is 11.4 Å². The Morgan fingerprint density at radius 2 is 1.74 bits per heavy atom. The summed E-state index contributed by atoms with van der Waals surface area (Å²) in [5.74, 6) is 1.31. The second kappa shape index (κ2) is 8.21. The molecule has 1 atom stereocenters. The quantitative estimate of drug-likeness (QED) is 0.772. The summed E-state index contributed by atoms with van der Waals surface area (Å²) in [6, 6.07) is 16.4. The number of benzene rings is 2. The van der Waals surface area contributed by atoms with Crippen molar-refractivity contribution in [3.63, 3.8) is 0 Å². The number of thioether (sulfide) groups is 1. The van der Waals surface area contributed by atoms with Gasteiger partial charge in [-0.1, -0.05) is 62.4 Å². The van der Waals surface area contributed by atoms with E-state index in [1.165, 1.54) is 11.1 Å². The van der Waals surface area contributed by atoms with Crippen LogP contribution in [0.5, 0.6) is 0 Å². The van der Waals surface area contributed by atoms with Crippen molar-refractivity contribution in [1.82, 2.24) is 0 Å². The molecule has 0 aliphatic rings. The van der Waals surface area contributed by atoms with Crippen LogP contribution >= 0.6 is 11.8 Å². The van der Waals surface area contributed by atoms with Crippen LogP contribution in [0.4, 0.5) is 5.69 Å². The third-order valence-corrected chi connectivity index (χ3v) is 5.10. The molecule has 0 bridgehead atoms. The number of anilines is 1. The molecular weight excluding hydrogens is 302 g/mol. The molecule has 0 fully saturated rings. The van der Waals surface area contributed by atoms with Crippen LogP contribution < -0.4 is 5.32 Å². The summed E-state index contributed by atoms with van der Waals surface area (Å²) in [6.45, 7) is 8.32. The molecular formula is C20H25NOS. The molecule has 0 unspecified atom stereocenters. The van der Waals surface area contributed by atoms with E-state index < -0.39 is 0 Å². The van der Waals surface area contributed by atoms with Crippen molar-refractivity contribution in [2.75, 3.05) is 5.32 Å². The number of carbonyl (C=O) groups is 1. The molecule has 1 amide bonds. The van der Waals surface area contributed by atoms with Gasteiger partial charge in [-0.3, -0.25) is 4.79 Å². The molecule has 2 aromatic rings. The number of rotatable bonds is 6. The van der Waals surface area contributed by atoms with Gasteiger partial charge in [0.25, 0.3) is 0 Å². The molecule has 122 valence electrons. The van der Waals surface area contributed by atoms with Gasteiger partial charge in [0.1, 0.15) is 0 Å². The predicted molar refractivity (Wildman–Crippen MR) is 101 cm³/mol. The smallest absolute Gasteiger partial charge is 0.237 e. The first-order chi connectivity index (χ1) is 11.0. The van der Waals surface area contributed by atoms with Crippen LogP contribution in [0.1, 0.15) is 43.4 Å². The number of amides is 1. The van der Waals surface area contributed by atoms with Crippen molar-refractivity contribution in [3.8, 4) is 0 Å². The molecule has 0 saturated carbocycles. The van der Waals surface area contributed by atoms with Crippen molar-refractivity contribution < 1.29 is 4.79 Å². The Morgan fingerprint density at radius 3 is 2.39 bits per heavy atom. The molecule has 1 N–H and O–H groups in total. The van der Waals surface area contributed by atoms with Crippen molar-refractivity contribution in [3.05, 3.63) is 65.2 Å². The van der Waals surface area contributed by atoms with Crippen LogP contribution in [0.3, 0.4) is 0 Å². The average molecular weight is 327 g/mol. The zero-order chi connectivity index (χ0) is 16.8. The highest BCUT2D eigenvalue weighted by Gasteiger charge is 2.17. The molecule has 2 rings (SSSR count). The van der Waals surface area contributed by atoms with Gasteiger partial charge in [0.05, 0.1) is 5.25 Å². The van der Waals surface area contributed by atoms with E-state index in [0.717, 1.165) is 17.0 Å². The van der Waals surface area contributed by atoms with E-state index >= 15 is 0 Å². The molecule has 3 heteroatoms. The maximum atomic E-state index is 12.5. The predicted octanol–water partition coefficient (Wildman–Crippen LogP) is 5.38. The summed E-state index contributed by atoms with van der Waals surface area (Å²) in [5.41, 5.74) is 4.53. The molecule has 2 nitrogen and oxygen atoms in total. The summed E-state index contributed by atoms with van der Waals surface area (Å²) >= 11 is 1.66. The second-order valence-corrected chi connectivity index (χ2v) is 7.45. The van der Waals surface area contributed by atoms with Gasteiger partial charge in [0.2, 0.25) is 5.91 Å². The molecule has 0 heterocycles. The minimum atomic E-state index is -0.0881. The third kappa shape index (κ3) is 4.87. The Morgan fingerprint density at radius 1 is 1.04 bits per heavy atom. The van der Waals surface area contributed by atoms with Crippen LogP contribution in [0.15, 0.2) is 48.5 Å². The van der Waals surface area contributed by atoms with Gasteiger partial charge in [0.15, 0.2) is 0 Å². The standard InChI is InChI=1S/C20H25NOS/c1-14(2)18-12-8-9-15(3)19(18)21-20(22)16(4)23-13-17-10-6-5-7-11-17/h5-12,14,16H,13H2,1-4H3,(H,21,22)/t16-/m0/s1. The molecule has 0 aliphatic carbocycles. The highest BCUT2D eigenvalue weighted by Crippen LogP contribution is 2.28. The zero-order valence-corrected chi connectivity index (χ0v) is 15.1. The molecule has 0 aromatic heterocycles. The first-order valence-electron chi connectivity index (χ1n) is 8.05. The Kier molecular flexibility index (Phi) is 6.28. The lowest BCUT2D eigenvalue weighted by Gasteiger charge is -2.18. The normalized spacial score (nSPS) is 12.2. The lowest BCUT2D eigenvalue weighted by atomic mass is 9.98. The van der Waals surface area contributed by atoms with Gasteiger partial charge in [-0.15, -0.1) is 11.8 Å². The van der Waals surface area contributed by atoms with Crippen molar-refractivity contribution >= 4 is 23.4 Å². The Labute approximate surface area is 143 Å². The lowest BCUT2D eigenvalue weighted by molar-refractivity contribution is -0.115. The summed E-state index contributed by atoms with van der Waals surface area (Å²) in [4.78, 5) is 12.5. The van der Waals surface area contributed by atoms with Crippen molar-refractivity contribution in [1.29, 1.82) is 0 Å². The average Bonchev–Trinajstić information content (AvgIpc) is 2.55. The van der Waals surface area contributed by atoms with E-state index in [2.05, 4.69) is 37.4 Å². The van der Waals surface area contributed by atoms with E-state index in [1.807, 2.05) is 44.2 Å². The van der Waals surface area contributed by atoms with Gasteiger partial charge in [-0.25, -0.2) is 0 Å². The van der Waals surface area contributed by atoms with Gasteiger partial charge in [-0.05, 0) is 36.5 Å². The van der Waals surface area contributed by atoms with Gasteiger partial charge < -0.3 is 5.32 Å². The second-order valence-electron chi connectivity index (χ2n) is 6.12. The SMILES string of the molecule is Cc1cccc(C(C)C)c1NC(=O)[C@H](C)SCc1ccccc1. The highest BCUT2D eigenvalue weighted by atomic mass is 32.2. The molecule has 2 aromatic carbocycles. The summed E-state index contributed by atoms with van der Waals surface area (Å²) in [7, 11) is 0. The summed E-state index contributed by atoms with van der Waals surface area (Å²) < 4.78 is 0. The number of nitrogens with one attached hydrogen (secondary N) is 1. The zero-order valence-electron chi connectivity index (χ0n) is 14.3. The number of hydrogen-bond donors (Lipinski definition) is 1. The summed E-state index contributed by atoms with van der Waals surface area (Å²) in [6.07, 6.45) is 0. The number of aryl methyl sites for hydroxylation is 1. The fraction of sp³-hybridized carbons (Fsp3) is 0.350. The van der Waals surface area contributed by atoms with Crippen LogP contribution in [-0.4, -0.2) is 11.2 Å². The maximum Gasteiger partial charge on any atom is 0.237 e. The fourth-order valence-corrected chi connectivity index (χ4v) is 3.28. The Bertz CT molecular complexity index is 652. The lowest BCUT2D eigenvalue weighted by Crippen LogP contribution is -2.24. The molecule has 0 radical (unpaired) electrons. The highest BCUT2D eigenvalue weighted by molar-refractivity contribution is 7.99. The monoisotopic (exact) mass is 327 g/mol. The molecule has 0 saturated heterocycles. The van der Waals surface area contributed by atoms with E-state index in [9.17, 15) is 4.79 Å². The van der Waals surface area contributed by atoms with Crippen LogP contribution in [0, 0.1) is 6.92 Å². The van der Waals surface area contributed by atoms with E-state index in [1.54, 1.807) is 11.8 Å².